The number of rotatable bonds is 13. The van der Waals surface area contributed by atoms with E-state index in [-0.39, 0.29) is 6.10 Å². The van der Waals surface area contributed by atoms with Crippen molar-refractivity contribution in [2.45, 2.75) is 70.8 Å². The molecule has 0 aromatic rings. The SMILES string of the molecule is CCCCCCCCCCC(O)CNCCS. The molecule has 3 heteroatoms. The van der Waals surface area contributed by atoms with Gasteiger partial charge in [-0.3, -0.25) is 0 Å². The van der Waals surface area contributed by atoms with Crippen LogP contribution in [0.15, 0.2) is 0 Å². The molecule has 0 aliphatic carbocycles. The third-order valence-electron chi connectivity index (χ3n) is 3.06. The normalized spacial score (nSPS) is 12.9. The van der Waals surface area contributed by atoms with E-state index < -0.39 is 0 Å². The zero-order chi connectivity index (χ0) is 12.8. The van der Waals surface area contributed by atoms with Gasteiger partial charge in [0.15, 0.2) is 0 Å². The molecule has 0 aliphatic heterocycles. The molecule has 1 unspecified atom stereocenters. The topological polar surface area (TPSA) is 32.3 Å². The molecule has 0 rings (SSSR count). The number of nitrogens with one attached hydrogen (secondary N) is 1. The summed E-state index contributed by atoms with van der Waals surface area (Å²) in [5.41, 5.74) is 0. The average Bonchev–Trinajstić information content (AvgIpc) is 2.33. The Bertz CT molecular complexity index is 144. The van der Waals surface area contributed by atoms with Gasteiger partial charge in [0.25, 0.3) is 0 Å². The summed E-state index contributed by atoms with van der Waals surface area (Å²) in [5.74, 6) is 0.838. The summed E-state index contributed by atoms with van der Waals surface area (Å²) in [5, 5.41) is 12.8. The predicted molar refractivity (Wildman–Crippen MR) is 80.0 cm³/mol. The molecule has 0 saturated carbocycles. The Labute approximate surface area is 113 Å². The first-order chi connectivity index (χ1) is 8.31. The van der Waals surface area contributed by atoms with Crippen molar-refractivity contribution in [3.63, 3.8) is 0 Å². The van der Waals surface area contributed by atoms with E-state index >= 15 is 0 Å². The average molecular weight is 261 g/mol. The molecular weight excluding hydrogens is 230 g/mol. The van der Waals surface area contributed by atoms with Crippen molar-refractivity contribution in [2.24, 2.45) is 0 Å². The van der Waals surface area contributed by atoms with E-state index in [1.54, 1.807) is 0 Å². The van der Waals surface area contributed by atoms with Crippen molar-refractivity contribution in [3.05, 3.63) is 0 Å². The van der Waals surface area contributed by atoms with Crippen LogP contribution in [0.25, 0.3) is 0 Å². The first-order valence-corrected chi connectivity index (χ1v) is 7.94. The monoisotopic (exact) mass is 261 g/mol. The zero-order valence-corrected chi connectivity index (χ0v) is 12.4. The van der Waals surface area contributed by atoms with Crippen molar-refractivity contribution in [1.82, 2.24) is 5.32 Å². The molecule has 1 atom stereocenters. The van der Waals surface area contributed by atoms with E-state index in [4.69, 9.17) is 0 Å². The second-order valence-corrected chi connectivity index (χ2v) is 5.29. The van der Waals surface area contributed by atoms with E-state index in [2.05, 4.69) is 24.9 Å². The molecule has 0 aromatic carbocycles. The molecule has 17 heavy (non-hydrogen) atoms. The van der Waals surface area contributed by atoms with Gasteiger partial charge in [-0.05, 0) is 6.42 Å². The Morgan fingerprint density at radius 3 is 2.18 bits per heavy atom. The summed E-state index contributed by atoms with van der Waals surface area (Å²) in [6, 6.07) is 0. The summed E-state index contributed by atoms with van der Waals surface area (Å²) in [4.78, 5) is 0. The fourth-order valence-electron chi connectivity index (χ4n) is 1.96. The molecule has 0 saturated heterocycles. The molecule has 0 aliphatic rings. The number of hydrogen-bond donors (Lipinski definition) is 3. The standard InChI is InChI=1S/C14H31NOS/c1-2-3-4-5-6-7-8-9-10-14(16)13-15-11-12-17/h14-17H,2-13H2,1H3. The highest BCUT2D eigenvalue weighted by atomic mass is 32.1. The van der Waals surface area contributed by atoms with Gasteiger partial charge in [-0.15, -0.1) is 0 Å². The summed E-state index contributed by atoms with van der Waals surface area (Å²) < 4.78 is 0. The van der Waals surface area contributed by atoms with Gasteiger partial charge >= 0.3 is 0 Å². The molecule has 0 bridgehead atoms. The van der Waals surface area contributed by atoms with Crippen LogP contribution in [0, 0.1) is 0 Å². The minimum absolute atomic E-state index is 0.171. The molecule has 0 radical (unpaired) electrons. The summed E-state index contributed by atoms with van der Waals surface area (Å²) in [7, 11) is 0. The van der Waals surface area contributed by atoms with Crippen LogP contribution in [0.1, 0.15) is 64.7 Å². The molecule has 0 spiro atoms. The maximum Gasteiger partial charge on any atom is 0.0664 e. The highest BCUT2D eigenvalue weighted by Gasteiger charge is 2.02. The Morgan fingerprint density at radius 1 is 1.00 bits per heavy atom. The number of hydrogen-bond acceptors (Lipinski definition) is 3. The molecule has 104 valence electrons. The smallest absolute Gasteiger partial charge is 0.0664 e. The fraction of sp³-hybridized carbons (Fsp3) is 1.00. The van der Waals surface area contributed by atoms with Gasteiger partial charge < -0.3 is 10.4 Å². The van der Waals surface area contributed by atoms with Gasteiger partial charge in [-0.2, -0.15) is 12.6 Å². The third-order valence-corrected chi connectivity index (χ3v) is 3.28. The van der Waals surface area contributed by atoms with Crippen LogP contribution >= 0.6 is 12.6 Å². The van der Waals surface area contributed by atoms with Crippen LogP contribution in [0.4, 0.5) is 0 Å². The lowest BCUT2D eigenvalue weighted by Gasteiger charge is -2.10. The van der Waals surface area contributed by atoms with E-state index in [9.17, 15) is 5.11 Å². The minimum atomic E-state index is -0.171. The lowest BCUT2D eigenvalue weighted by atomic mass is 10.1. The first-order valence-electron chi connectivity index (χ1n) is 7.31. The van der Waals surface area contributed by atoms with Crippen LogP contribution in [-0.2, 0) is 0 Å². The molecule has 0 fully saturated rings. The van der Waals surface area contributed by atoms with E-state index in [0.717, 1.165) is 31.7 Å². The largest absolute Gasteiger partial charge is 0.392 e. The second-order valence-electron chi connectivity index (χ2n) is 4.85. The van der Waals surface area contributed by atoms with Crippen LogP contribution in [-0.4, -0.2) is 30.1 Å². The highest BCUT2D eigenvalue weighted by Crippen LogP contribution is 2.10. The molecule has 0 aromatic heterocycles. The molecular formula is C14H31NOS. The molecule has 2 nitrogen and oxygen atoms in total. The summed E-state index contributed by atoms with van der Waals surface area (Å²) in [6.07, 6.45) is 11.4. The molecule has 0 heterocycles. The molecule has 2 N–H and O–H groups in total. The van der Waals surface area contributed by atoms with Crippen molar-refractivity contribution in [3.8, 4) is 0 Å². The predicted octanol–water partition coefficient (Wildman–Crippen LogP) is 3.40. The van der Waals surface area contributed by atoms with Crippen LogP contribution in [0.3, 0.4) is 0 Å². The van der Waals surface area contributed by atoms with Crippen molar-refractivity contribution in [1.29, 1.82) is 0 Å². The number of aliphatic hydroxyl groups excluding tert-OH is 1. The fourth-order valence-corrected chi connectivity index (χ4v) is 2.12. The molecule has 0 amide bonds. The quantitative estimate of drug-likeness (QED) is 0.351. The van der Waals surface area contributed by atoms with Gasteiger partial charge in [0.05, 0.1) is 6.10 Å². The maximum atomic E-state index is 9.66. The van der Waals surface area contributed by atoms with Gasteiger partial charge in [-0.25, -0.2) is 0 Å². The van der Waals surface area contributed by atoms with Gasteiger partial charge in [-0.1, -0.05) is 58.3 Å². The van der Waals surface area contributed by atoms with Gasteiger partial charge in [0, 0.05) is 18.8 Å². The lowest BCUT2D eigenvalue weighted by Crippen LogP contribution is -2.28. The van der Waals surface area contributed by atoms with Crippen molar-refractivity contribution >= 4 is 12.6 Å². The van der Waals surface area contributed by atoms with E-state index in [1.807, 2.05) is 0 Å². The van der Waals surface area contributed by atoms with Gasteiger partial charge in [0.2, 0.25) is 0 Å². The van der Waals surface area contributed by atoms with Crippen LogP contribution in [0.5, 0.6) is 0 Å². The zero-order valence-electron chi connectivity index (χ0n) is 11.5. The first kappa shape index (κ1) is 17.3. The van der Waals surface area contributed by atoms with E-state index in [0.29, 0.717) is 0 Å². The number of unbranched alkanes of at least 4 members (excludes halogenated alkanes) is 7. The van der Waals surface area contributed by atoms with Crippen LogP contribution in [0.2, 0.25) is 0 Å². The van der Waals surface area contributed by atoms with E-state index in [1.165, 1.54) is 44.9 Å². The summed E-state index contributed by atoms with van der Waals surface area (Å²) >= 11 is 4.11. The van der Waals surface area contributed by atoms with Crippen molar-refractivity contribution in [2.75, 3.05) is 18.8 Å². The highest BCUT2D eigenvalue weighted by molar-refractivity contribution is 7.80. The summed E-state index contributed by atoms with van der Waals surface area (Å²) in [6.45, 7) is 3.86. The Kier molecular flexibility index (Phi) is 14.6. The van der Waals surface area contributed by atoms with Crippen LogP contribution < -0.4 is 5.32 Å². The Hall–Kier alpha value is 0.270. The third kappa shape index (κ3) is 14.2. The number of thiol groups is 1. The number of aliphatic hydroxyl groups is 1. The second kappa shape index (κ2) is 14.3. The minimum Gasteiger partial charge on any atom is -0.392 e. The Morgan fingerprint density at radius 2 is 1.59 bits per heavy atom. The van der Waals surface area contributed by atoms with Crippen molar-refractivity contribution < 1.29 is 5.11 Å². The Balaban J connectivity index is 3.05. The lowest BCUT2D eigenvalue weighted by molar-refractivity contribution is 0.158. The maximum absolute atomic E-state index is 9.66. The van der Waals surface area contributed by atoms with Gasteiger partial charge in [0.1, 0.15) is 0 Å².